The minimum Gasteiger partial charge on any atom is -0.465 e. The molecule has 4 fully saturated rings. The topological polar surface area (TPSA) is 122 Å². The Morgan fingerprint density at radius 1 is 1.04 bits per heavy atom. The Morgan fingerprint density at radius 3 is 2.54 bits per heavy atom. The summed E-state index contributed by atoms with van der Waals surface area (Å²) in [7, 11) is 0. The number of hydrogen-bond donors (Lipinski definition) is 1. The van der Waals surface area contributed by atoms with Crippen molar-refractivity contribution in [2.45, 2.75) is 49.9 Å². The number of carboxylic acid groups (broad SMARTS) is 1. The van der Waals surface area contributed by atoms with Crippen LogP contribution in [0.3, 0.4) is 0 Å². The molecule has 13 heteroatoms. The number of anilines is 2. The number of benzene rings is 2. The van der Waals surface area contributed by atoms with Crippen molar-refractivity contribution in [3.8, 4) is 12.1 Å². The second-order valence-corrected chi connectivity index (χ2v) is 14.1. The summed E-state index contributed by atoms with van der Waals surface area (Å²) in [6.07, 6.45) is 2.04. The lowest BCUT2D eigenvalue weighted by molar-refractivity contribution is -0.0823. The molecule has 4 aliphatic heterocycles. The van der Waals surface area contributed by atoms with Gasteiger partial charge in [-0.3, -0.25) is 9.80 Å². The van der Waals surface area contributed by atoms with E-state index in [-0.39, 0.29) is 12.0 Å². The molecule has 0 spiro atoms. The summed E-state index contributed by atoms with van der Waals surface area (Å²) in [6.45, 7) is 8.88. The van der Waals surface area contributed by atoms with E-state index in [4.69, 9.17) is 31.0 Å². The van der Waals surface area contributed by atoms with Crippen LogP contribution in [0.5, 0.6) is 6.01 Å². The minimum atomic E-state index is -0.996. The van der Waals surface area contributed by atoms with Crippen LogP contribution in [-0.4, -0.2) is 126 Å². The number of halogens is 1. The molecule has 0 radical (unpaired) electrons. The summed E-state index contributed by atoms with van der Waals surface area (Å²) in [5.41, 5.74) is 3.05. The summed E-state index contributed by atoms with van der Waals surface area (Å²) in [6, 6.07) is 14.9. The SMILES string of the molecule is N#CC[C@H]1CN(c2nc(OCC3(N4CCN(C5COC5)CC4)CC3)nc3c2CCN(c2cccc4cccc(Cl)c24)C3)CCN1C(=O)O. The monoisotopic (exact) mass is 672 g/mol. The second-order valence-electron chi connectivity index (χ2n) is 13.7. The van der Waals surface area contributed by atoms with E-state index in [2.05, 4.69) is 49.9 Å². The fourth-order valence-electron chi connectivity index (χ4n) is 7.93. The number of carbonyl (C=O) groups is 1. The van der Waals surface area contributed by atoms with Gasteiger partial charge in [-0.25, -0.2) is 4.79 Å². The number of piperazine rings is 2. The summed E-state index contributed by atoms with van der Waals surface area (Å²) in [4.78, 5) is 33.0. The summed E-state index contributed by atoms with van der Waals surface area (Å²) in [5, 5.41) is 22.1. The van der Waals surface area contributed by atoms with Crippen molar-refractivity contribution in [3.63, 3.8) is 0 Å². The van der Waals surface area contributed by atoms with Crippen molar-refractivity contribution in [2.24, 2.45) is 0 Å². The van der Waals surface area contributed by atoms with Crippen molar-refractivity contribution in [1.82, 2.24) is 24.7 Å². The first-order valence-corrected chi connectivity index (χ1v) is 17.4. The molecule has 5 aliphatic rings. The Labute approximate surface area is 285 Å². The molecule has 252 valence electrons. The van der Waals surface area contributed by atoms with Gasteiger partial charge >= 0.3 is 12.1 Å². The molecule has 1 atom stereocenters. The zero-order chi connectivity index (χ0) is 32.8. The van der Waals surface area contributed by atoms with E-state index in [1.54, 1.807) is 0 Å². The normalized spacial score (nSPS) is 23.0. The number of nitrogens with zero attached hydrogens (tertiary/aromatic N) is 8. The average Bonchev–Trinajstić information content (AvgIpc) is 3.87. The number of aromatic nitrogens is 2. The number of rotatable bonds is 8. The van der Waals surface area contributed by atoms with Crippen LogP contribution in [0, 0.1) is 11.3 Å². The molecule has 1 aliphatic carbocycles. The number of nitriles is 1. The molecule has 48 heavy (non-hydrogen) atoms. The van der Waals surface area contributed by atoms with Gasteiger partial charge < -0.3 is 29.3 Å². The first-order valence-electron chi connectivity index (χ1n) is 17.1. The predicted octanol–water partition coefficient (Wildman–Crippen LogP) is 3.86. The Morgan fingerprint density at radius 2 is 1.83 bits per heavy atom. The van der Waals surface area contributed by atoms with Crippen LogP contribution in [0.1, 0.15) is 30.5 Å². The van der Waals surface area contributed by atoms with Crippen molar-refractivity contribution in [3.05, 3.63) is 52.7 Å². The Kier molecular flexibility index (Phi) is 8.41. The smallest absolute Gasteiger partial charge is 0.407 e. The maximum Gasteiger partial charge on any atom is 0.407 e. The highest BCUT2D eigenvalue weighted by Crippen LogP contribution is 2.43. The molecular formula is C35H41ClN8O4. The average molecular weight is 673 g/mol. The fraction of sp³-hybridized carbons (Fsp3) is 0.543. The number of fused-ring (bicyclic) bond motifs is 2. The van der Waals surface area contributed by atoms with Gasteiger partial charge in [-0.1, -0.05) is 35.9 Å². The highest BCUT2D eigenvalue weighted by molar-refractivity contribution is 6.36. The highest BCUT2D eigenvalue weighted by atomic mass is 35.5. The van der Waals surface area contributed by atoms with E-state index in [1.165, 1.54) is 4.90 Å². The van der Waals surface area contributed by atoms with Gasteiger partial charge in [-0.05, 0) is 36.8 Å². The number of ether oxygens (including phenoxy) is 2. The number of hydrogen-bond acceptors (Lipinski definition) is 10. The molecule has 5 heterocycles. The van der Waals surface area contributed by atoms with Crippen molar-refractivity contribution >= 4 is 40.0 Å². The Hall–Kier alpha value is -3.89. The van der Waals surface area contributed by atoms with Gasteiger partial charge in [0.05, 0.1) is 60.6 Å². The van der Waals surface area contributed by atoms with Crippen molar-refractivity contribution in [1.29, 1.82) is 5.26 Å². The quantitative estimate of drug-likeness (QED) is 0.376. The molecule has 12 nitrogen and oxygen atoms in total. The summed E-state index contributed by atoms with van der Waals surface area (Å²) < 4.78 is 12.0. The van der Waals surface area contributed by atoms with Crippen LogP contribution >= 0.6 is 11.6 Å². The molecule has 3 aromatic rings. The molecule has 2 aromatic carbocycles. The third-order valence-electron chi connectivity index (χ3n) is 11.0. The summed E-state index contributed by atoms with van der Waals surface area (Å²) in [5.74, 6) is 0.791. The van der Waals surface area contributed by atoms with E-state index < -0.39 is 12.1 Å². The van der Waals surface area contributed by atoms with E-state index >= 15 is 0 Å². The second kappa shape index (κ2) is 12.9. The van der Waals surface area contributed by atoms with E-state index in [1.807, 2.05) is 12.1 Å². The fourth-order valence-corrected chi connectivity index (χ4v) is 8.21. The van der Waals surface area contributed by atoms with Crippen LogP contribution in [0.4, 0.5) is 16.3 Å². The van der Waals surface area contributed by atoms with Gasteiger partial charge in [-0.2, -0.15) is 15.2 Å². The van der Waals surface area contributed by atoms with Crippen LogP contribution in [0.15, 0.2) is 36.4 Å². The van der Waals surface area contributed by atoms with Crippen molar-refractivity contribution in [2.75, 3.05) is 82.0 Å². The molecule has 1 aromatic heterocycles. The lowest BCUT2D eigenvalue weighted by atomic mass is 10.0. The maximum absolute atomic E-state index is 12.0. The summed E-state index contributed by atoms with van der Waals surface area (Å²) >= 11 is 6.73. The van der Waals surface area contributed by atoms with E-state index in [0.29, 0.717) is 51.3 Å². The zero-order valence-corrected chi connectivity index (χ0v) is 27.8. The van der Waals surface area contributed by atoms with Gasteiger partial charge in [0.25, 0.3) is 0 Å². The molecule has 3 saturated heterocycles. The van der Waals surface area contributed by atoms with Crippen molar-refractivity contribution < 1.29 is 19.4 Å². The molecule has 8 rings (SSSR count). The minimum absolute atomic E-state index is 0.0123. The molecule has 1 amide bonds. The molecule has 0 bridgehead atoms. The molecule has 1 saturated carbocycles. The standard InChI is InChI=1S/C35H41ClN8O4/c36-28-5-1-3-24-4-2-6-30(31(24)28)41-12-8-27-29(20-41)38-33(39-32(27)42-15-18-44(34(45)46)25(19-42)7-11-37)48-23-35(9-10-35)43-16-13-40(14-17-43)26-21-47-22-26/h1-6,25-26H,7-10,12-23H2,(H,45,46)/t25-/m0/s1. The largest absolute Gasteiger partial charge is 0.465 e. The first kappa shape index (κ1) is 31.4. The Bertz CT molecular complexity index is 1730. The first-order chi connectivity index (χ1) is 23.4. The van der Waals surface area contributed by atoms with Gasteiger partial charge in [0.15, 0.2) is 0 Å². The Balaban J connectivity index is 1.07. The maximum atomic E-state index is 12.0. The van der Waals surface area contributed by atoms with Gasteiger partial charge in [0, 0.05) is 69.0 Å². The highest BCUT2D eigenvalue weighted by Gasteiger charge is 2.50. The third-order valence-corrected chi connectivity index (χ3v) is 11.3. The van der Waals surface area contributed by atoms with Gasteiger partial charge in [-0.15, -0.1) is 0 Å². The van der Waals surface area contributed by atoms with Crippen LogP contribution in [-0.2, 0) is 17.7 Å². The van der Waals surface area contributed by atoms with Crippen LogP contribution in [0.2, 0.25) is 5.02 Å². The van der Waals surface area contributed by atoms with Gasteiger partial charge in [0.1, 0.15) is 12.4 Å². The molecule has 0 unspecified atom stereocenters. The van der Waals surface area contributed by atoms with Gasteiger partial charge in [0.2, 0.25) is 0 Å². The third kappa shape index (κ3) is 5.87. The molecule has 1 N–H and O–H groups in total. The lowest BCUT2D eigenvalue weighted by Crippen LogP contribution is -2.59. The van der Waals surface area contributed by atoms with E-state index in [9.17, 15) is 15.2 Å². The van der Waals surface area contributed by atoms with E-state index in [0.717, 1.165) is 97.3 Å². The van der Waals surface area contributed by atoms with Crippen LogP contribution in [0.25, 0.3) is 10.8 Å². The lowest BCUT2D eigenvalue weighted by Gasteiger charge is -2.44. The molecular weight excluding hydrogens is 632 g/mol. The van der Waals surface area contributed by atoms with Crippen LogP contribution < -0.4 is 14.5 Å². The predicted molar refractivity (Wildman–Crippen MR) is 182 cm³/mol. The number of amides is 1. The zero-order valence-electron chi connectivity index (χ0n) is 27.1.